The van der Waals surface area contributed by atoms with E-state index in [0.717, 1.165) is 5.69 Å². The van der Waals surface area contributed by atoms with Crippen molar-refractivity contribution in [2.45, 2.75) is 13.5 Å². The summed E-state index contributed by atoms with van der Waals surface area (Å²) in [5.41, 5.74) is 0.929. The van der Waals surface area contributed by atoms with Crippen LogP contribution >= 0.6 is 0 Å². The Bertz CT molecular complexity index is 374. The first-order valence-electron chi connectivity index (χ1n) is 5.63. The van der Waals surface area contributed by atoms with Gasteiger partial charge >= 0.3 is 5.97 Å². The SMILES string of the molecule is C=CCN(CC(=O)OCC)Cc1ccn(C)n1. The number of carbonyl (C=O) groups excluding carboxylic acids is 1. The molecule has 1 rings (SSSR count). The first-order valence-corrected chi connectivity index (χ1v) is 5.63. The summed E-state index contributed by atoms with van der Waals surface area (Å²) in [5.74, 6) is -0.217. The van der Waals surface area contributed by atoms with E-state index in [1.807, 2.05) is 24.2 Å². The summed E-state index contributed by atoms with van der Waals surface area (Å²) < 4.78 is 6.66. The van der Waals surface area contributed by atoms with Crippen molar-refractivity contribution < 1.29 is 9.53 Å². The van der Waals surface area contributed by atoms with Gasteiger partial charge in [-0.05, 0) is 13.0 Å². The molecule has 0 amide bonds. The van der Waals surface area contributed by atoms with Crippen LogP contribution in [0.25, 0.3) is 0 Å². The Hall–Kier alpha value is -1.62. The zero-order valence-corrected chi connectivity index (χ0v) is 10.4. The van der Waals surface area contributed by atoms with Crippen molar-refractivity contribution in [2.75, 3.05) is 19.7 Å². The van der Waals surface area contributed by atoms with Crippen LogP contribution in [-0.4, -0.2) is 40.3 Å². The van der Waals surface area contributed by atoms with Crippen molar-refractivity contribution in [1.29, 1.82) is 0 Å². The number of hydrogen-bond donors (Lipinski definition) is 0. The minimum absolute atomic E-state index is 0.217. The molecule has 0 saturated heterocycles. The molecule has 0 aliphatic carbocycles. The molecule has 0 aliphatic rings. The summed E-state index contributed by atoms with van der Waals surface area (Å²) in [4.78, 5) is 13.3. The molecule has 0 aromatic carbocycles. The maximum atomic E-state index is 11.4. The van der Waals surface area contributed by atoms with Gasteiger partial charge in [-0.3, -0.25) is 14.4 Å². The number of aromatic nitrogens is 2. The zero-order valence-electron chi connectivity index (χ0n) is 10.4. The quantitative estimate of drug-likeness (QED) is 0.524. The molecule has 17 heavy (non-hydrogen) atoms. The molecule has 0 fully saturated rings. The summed E-state index contributed by atoms with van der Waals surface area (Å²) >= 11 is 0. The molecule has 1 aromatic rings. The monoisotopic (exact) mass is 237 g/mol. The molecule has 1 heterocycles. The molecule has 0 bridgehead atoms. The molecule has 5 heteroatoms. The van der Waals surface area contributed by atoms with Gasteiger partial charge in [0.25, 0.3) is 0 Å². The zero-order chi connectivity index (χ0) is 12.7. The van der Waals surface area contributed by atoms with Crippen molar-refractivity contribution in [3.05, 3.63) is 30.6 Å². The third-order valence-electron chi connectivity index (χ3n) is 2.20. The van der Waals surface area contributed by atoms with Crippen LogP contribution in [0.1, 0.15) is 12.6 Å². The standard InChI is InChI=1S/C12H19N3O2/c1-4-7-15(10-12(16)17-5-2)9-11-6-8-14(3)13-11/h4,6,8H,1,5,7,9-10H2,2-3H3. The van der Waals surface area contributed by atoms with Crippen LogP contribution in [0.15, 0.2) is 24.9 Å². The van der Waals surface area contributed by atoms with E-state index in [9.17, 15) is 4.79 Å². The lowest BCUT2D eigenvalue weighted by Crippen LogP contribution is -2.31. The van der Waals surface area contributed by atoms with Gasteiger partial charge in [-0.1, -0.05) is 6.08 Å². The van der Waals surface area contributed by atoms with E-state index in [2.05, 4.69) is 11.7 Å². The molecule has 0 aliphatic heterocycles. The lowest BCUT2D eigenvalue weighted by molar-refractivity contribution is -0.144. The molecule has 0 unspecified atom stereocenters. The maximum absolute atomic E-state index is 11.4. The Balaban J connectivity index is 2.53. The number of carbonyl (C=O) groups is 1. The van der Waals surface area contributed by atoms with Gasteiger partial charge in [0.15, 0.2) is 0 Å². The van der Waals surface area contributed by atoms with Crippen molar-refractivity contribution in [2.24, 2.45) is 7.05 Å². The normalized spacial score (nSPS) is 10.5. The van der Waals surface area contributed by atoms with Crippen molar-refractivity contribution >= 4 is 5.97 Å². The molecule has 0 spiro atoms. The van der Waals surface area contributed by atoms with E-state index in [1.54, 1.807) is 17.7 Å². The highest BCUT2D eigenvalue weighted by Crippen LogP contribution is 2.02. The smallest absolute Gasteiger partial charge is 0.320 e. The lowest BCUT2D eigenvalue weighted by atomic mass is 10.3. The predicted molar refractivity (Wildman–Crippen MR) is 65.3 cm³/mol. The van der Waals surface area contributed by atoms with E-state index in [0.29, 0.717) is 19.7 Å². The largest absolute Gasteiger partial charge is 0.465 e. The van der Waals surface area contributed by atoms with Crippen LogP contribution in [0.2, 0.25) is 0 Å². The van der Waals surface area contributed by atoms with Gasteiger partial charge in [0.1, 0.15) is 0 Å². The third kappa shape index (κ3) is 4.82. The van der Waals surface area contributed by atoms with E-state index in [-0.39, 0.29) is 12.5 Å². The lowest BCUT2D eigenvalue weighted by Gasteiger charge is -2.18. The summed E-state index contributed by atoms with van der Waals surface area (Å²) in [6.07, 6.45) is 3.65. The Morgan fingerprint density at radius 2 is 2.47 bits per heavy atom. The van der Waals surface area contributed by atoms with Gasteiger partial charge in [0.05, 0.1) is 18.8 Å². The Kier molecular flexibility index (Phi) is 5.42. The molecule has 5 nitrogen and oxygen atoms in total. The summed E-state index contributed by atoms with van der Waals surface area (Å²) in [5, 5.41) is 4.27. The molecule has 0 N–H and O–H groups in total. The van der Waals surface area contributed by atoms with Crippen LogP contribution in [0.5, 0.6) is 0 Å². The van der Waals surface area contributed by atoms with Crippen LogP contribution in [0.4, 0.5) is 0 Å². The van der Waals surface area contributed by atoms with Crippen LogP contribution in [0, 0.1) is 0 Å². The maximum Gasteiger partial charge on any atom is 0.320 e. The second-order valence-corrected chi connectivity index (χ2v) is 3.74. The minimum Gasteiger partial charge on any atom is -0.465 e. The number of esters is 1. The number of nitrogens with zero attached hydrogens (tertiary/aromatic N) is 3. The summed E-state index contributed by atoms with van der Waals surface area (Å²) in [7, 11) is 1.87. The van der Waals surface area contributed by atoms with Gasteiger partial charge in [-0.15, -0.1) is 6.58 Å². The number of aryl methyl sites for hydroxylation is 1. The molecular formula is C12H19N3O2. The fourth-order valence-corrected chi connectivity index (χ4v) is 1.53. The fourth-order valence-electron chi connectivity index (χ4n) is 1.53. The topological polar surface area (TPSA) is 47.4 Å². The van der Waals surface area contributed by atoms with E-state index in [4.69, 9.17) is 4.74 Å². The molecule has 1 aromatic heterocycles. The highest BCUT2D eigenvalue weighted by molar-refractivity contribution is 5.71. The Morgan fingerprint density at radius 3 is 3.00 bits per heavy atom. The summed E-state index contributed by atoms with van der Waals surface area (Å²) in [6, 6.07) is 1.93. The summed E-state index contributed by atoms with van der Waals surface area (Å²) in [6.45, 7) is 7.40. The average molecular weight is 237 g/mol. The van der Waals surface area contributed by atoms with Gasteiger partial charge in [0.2, 0.25) is 0 Å². The van der Waals surface area contributed by atoms with Gasteiger partial charge in [-0.2, -0.15) is 5.10 Å². The van der Waals surface area contributed by atoms with E-state index < -0.39 is 0 Å². The highest BCUT2D eigenvalue weighted by Gasteiger charge is 2.11. The van der Waals surface area contributed by atoms with Gasteiger partial charge < -0.3 is 4.74 Å². The van der Waals surface area contributed by atoms with Crippen LogP contribution in [0.3, 0.4) is 0 Å². The first kappa shape index (κ1) is 13.4. The molecular weight excluding hydrogens is 218 g/mol. The average Bonchev–Trinajstić information content (AvgIpc) is 2.64. The van der Waals surface area contributed by atoms with Gasteiger partial charge in [-0.25, -0.2) is 0 Å². The van der Waals surface area contributed by atoms with Gasteiger partial charge in [0, 0.05) is 26.3 Å². The first-order chi connectivity index (χ1) is 8.15. The van der Waals surface area contributed by atoms with E-state index in [1.165, 1.54) is 0 Å². The third-order valence-corrected chi connectivity index (χ3v) is 2.20. The number of ether oxygens (including phenoxy) is 1. The predicted octanol–water partition coefficient (Wildman–Crippen LogP) is 0.971. The molecule has 0 saturated carbocycles. The second kappa shape index (κ2) is 6.85. The Labute approximate surface area is 102 Å². The van der Waals surface area contributed by atoms with Crippen molar-refractivity contribution in [1.82, 2.24) is 14.7 Å². The van der Waals surface area contributed by atoms with Crippen molar-refractivity contribution in [3.63, 3.8) is 0 Å². The minimum atomic E-state index is -0.217. The molecule has 94 valence electrons. The molecule has 0 radical (unpaired) electrons. The second-order valence-electron chi connectivity index (χ2n) is 3.74. The van der Waals surface area contributed by atoms with Crippen LogP contribution < -0.4 is 0 Å². The van der Waals surface area contributed by atoms with Crippen LogP contribution in [-0.2, 0) is 23.1 Å². The van der Waals surface area contributed by atoms with E-state index >= 15 is 0 Å². The highest BCUT2D eigenvalue weighted by atomic mass is 16.5. The number of hydrogen-bond acceptors (Lipinski definition) is 4. The fraction of sp³-hybridized carbons (Fsp3) is 0.500. The van der Waals surface area contributed by atoms with Crippen molar-refractivity contribution in [3.8, 4) is 0 Å². The Morgan fingerprint density at radius 1 is 1.71 bits per heavy atom. The number of rotatable bonds is 7. The molecule has 0 atom stereocenters.